The van der Waals surface area contributed by atoms with Gasteiger partial charge in [0, 0.05) is 22.8 Å². The van der Waals surface area contributed by atoms with Crippen LogP contribution in [0.2, 0.25) is 0 Å². The number of fused-ring (bicyclic) bond motifs is 1. The number of thiocarbonyl (C=S) groups is 1. The van der Waals surface area contributed by atoms with E-state index in [9.17, 15) is 18.3 Å². The number of carbonyl (C=O) groups excluding carboxylic acids is 1. The highest BCUT2D eigenvalue weighted by Crippen LogP contribution is 2.24. The maximum atomic E-state index is 13.2. The molecule has 178 valence electrons. The normalized spacial score (nSPS) is 11.1. The summed E-state index contributed by atoms with van der Waals surface area (Å²) in [5, 5.41) is 15.9. The summed E-state index contributed by atoms with van der Waals surface area (Å²) < 4.78 is 27.5. The maximum absolute atomic E-state index is 13.2. The van der Waals surface area contributed by atoms with E-state index < -0.39 is 15.9 Å². The van der Waals surface area contributed by atoms with Crippen molar-refractivity contribution >= 4 is 55.5 Å². The summed E-state index contributed by atoms with van der Waals surface area (Å²) in [5.74, 6) is -0.392. The van der Waals surface area contributed by atoms with Crippen LogP contribution in [0.1, 0.15) is 10.4 Å². The minimum atomic E-state index is -3.90. The van der Waals surface area contributed by atoms with Gasteiger partial charge in [-0.25, -0.2) is 8.42 Å². The molecule has 1 amide bonds. The van der Waals surface area contributed by atoms with Gasteiger partial charge in [0.15, 0.2) is 5.11 Å². The molecule has 0 radical (unpaired) electrons. The van der Waals surface area contributed by atoms with Crippen molar-refractivity contribution in [2.24, 2.45) is 0 Å². The first-order valence-electron chi connectivity index (χ1n) is 10.6. The second-order valence-electron chi connectivity index (χ2n) is 7.48. The van der Waals surface area contributed by atoms with Crippen molar-refractivity contribution < 1.29 is 18.3 Å². The van der Waals surface area contributed by atoms with Crippen LogP contribution in [0.15, 0.2) is 96.0 Å². The predicted molar refractivity (Wildman–Crippen MR) is 140 cm³/mol. The third kappa shape index (κ3) is 5.62. The third-order valence-electron chi connectivity index (χ3n) is 5.14. The van der Waals surface area contributed by atoms with Gasteiger partial charge >= 0.3 is 0 Å². The predicted octanol–water partition coefficient (Wildman–Crippen LogP) is 3.55. The van der Waals surface area contributed by atoms with Crippen LogP contribution < -0.4 is 14.9 Å². The van der Waals surface area contributed by atoms with Gasteiger partial charge in [-0.15, -0.1) is 0 Å². The summed E-state index contributed by atoms with van der Waals surface area (Å²) in [6.45, 7) is -0.401. The highest BCUT2D eigenvalue weighted by atomic mass is 32.2. The Hall–Kier alpha value is -3.86. The molecule has 0 aliphatic heterocycles. The zero-order chi connectivity index (χ0) is 24.8. The van der Waals surface area contributed by atoms with Gasteiger partial charge in [0.1, 0.15) is 0 Å². The molecule has 8 nitrogen and oxygen atoms in total. The van der Waals surface area contributed by atoms with Crippen molar-refractivity contribution in [2.45, 2.75) is 4.90 Å². The summed E-state index contributed by atoms with van der Waals surface area (Å²) in [4.78, 5) is 16.9. The molecule has 0 saturated carbocycles. The lowest BCUT2D eigenvalue weighted by atomic mass is 10.1. The van der Waals surface area contributed by atoms with Crippen LogP contribution in [-0.4, -0.2) is 42.7 Å². The number of hydrogen-bond acceptors (Lipinski definition) is 6. The van der Waals surface area contributed by atoms with Crippen LogP contribution in [0.3, 0.4) is 0 Å². The minimum Gasteiger partial charge on any atom is -0.394 e. The lowest BCUT2D eigenvalue weighted by molar-refractivity contribution is 0.0978. The maximum Gasteiger partial charge on any atom is 0.264 e. The van der Waals surface area contributed by atoms with Gasteiger partial charge in [0.2, 0.25) is 0 Å². The van der Waals surface area contributed by atoms with Crippen molar-refractivity contribution in [3.63, 3.8) is 0 Å². The first kappa shape index (κ1) is 24.3. The van der Waals surface area contributed by atoms with Gasteiger partial charge in [-0.2, -0.15) is 0 Å². The fourth-order valence-electron chi connectivity index (χ4n) is 3.46. The van der Waals surface area contributed by atoms with Crippen LogP contribution in [0.4, 0.5) is 11.4 Å². The van der Waals surface area contributed by atoms with Crippen molar-refractivity contribution in [1.82, 2.24) is 10.3 Å². The van der Waals surface area contributed by atoms with Crippen LogP contribution in [0, 0.1) is 0 Å². The van der Waals surface area contributed by atoms with E-state index in [1.807, 2.05) is 18.2 Å². The summed E-state index contributed by atoms with van der Waals surface area (Å²) >= 11 is 5.24. The number of anilines is 2. The Labute approximate surface area is 208 Å². The number of carbonyl (C=O) groups is 1. The Balaban J connectivity index is 1.44. The van der Waals surface area contributed by atoms with E-state index in [2.05, 4.69) is 15.6 Å². The quantitative estimate of drug-likeness (QED) is 0.329. The number of rotatable bonds is 7. The summed E-state index contributed by atoms with van der Waals surface area (Å²) in [6, 6.07) is 23.4. The zero-order valence-electron chi connectivity index (χ0n) is 18.5. The highest BCUT2D eigenvalue weighted by Gasteiger charge is 2.24. The van der Waals surface area contributed by atoms with Gasteiger partial charge < -0.3 is 10.4 Å². The molecular weight excluding hydrogens is 484 g/mol. The lowest BCUT2D eigenvalue weighted by Gasteiger charge is -2.23. The Morgan fingerprint density at radius 1 is 0.971 bits per heavy atom. The molecule has 4 rings (SSSR count). The largest absolute Gasteiger partial charge is 0.394 e. The van der Waals surface area contributed by atoms with E-state index in [0.717, 1.165) is 9.69 Å². The summed E-state index contributed by atoms with van der Waals surface area (Å²) in [7, 11) is -3.90. The molecule has 3 N–H and O–H groups in total. The Morgan fingerprint density at radius 2 is 1.71 bits per heavy atom. The molecule has 0 spiro atoms. The second-order valence-corrected chi connectivity index (χ2v) is 9.75. The molecule has 10 heteroatoms. The van der Waals surface area contributed by atoms with Crippen molar-refractivity contribution in [1.29, 1.82) is 0 Å². The number of sulfonamides is 1. The summed E-state index contributed by atoms with van der Waals surface area (Å²) in [5.41, 5.74) is 2.06. The lowest BCUT2D eigenvalue weighted by Crippen LogP contribution is -2.34. The molecule has 0 atom stereocenters. The molecule has 1 aromatic heterocycles. The first-order valence-corrected chi connectivity index (χ1v) is 12.5. The van der Waals surface area contributed by atoms with E-state index in [-0.39, 0.29) is 23.2 Å². The Morgan fingerprint density at radius 3 is 2.43 bits per heavy atom. The van der Waals surface area contributed by atoms with Gasteiger partial charge in [-0.1, -0.05) is 30.3 Å². The van der Waals surface area contributed by atoms with Crippen LogP contribution in [0.5, 0.6) is 0 Å². The number of aliphatic hydroxyl groups is 1. The van der Waals surface area contributed by atoms with Crippen molar-refractivity contribution in [3.05, 3.63) is 96.7 Å². The smallest absolute Gasteiger partial charge is 0.264 e. The number of aromatic nitrogens is 1. The third-order valence-corrected chi connectivity index (χ3v) is 7.19. The van der Waals surface area contributed by atoms with E-state index in [4.69, 9.17) is 12.2 Å². The SMILES string of the molecule is O=C(NC(=S)Nc1ccc(S(=O)(=O)N(CCO)c2ccccc2)cc1)c1ccc2cccnc2c1. The fraction of sp³-hybridized carbons (Fsp3) is 0.0800. The molecule has 0 aliphatic rings. The second kappa shape index (κ2) is 10.6. The molecule has 35 heavy (non-hydrogen) atoms. The highest BCUT2D eigenvalue weighted by molar-refractivity contribution is 7.92. The molecule has 0 bridgehead atoms. The average molecular weight is 507 g/mol. The monoisotopic (exact) mass is 506 g/mol. The fourth-order valence-corrected chi connectivity index (χ4v) is 5.12. The molecule has 0 aliphatic carbocycles. The molecule has 4 aromatic rings. The van der Waals surface area contributed by atoms with Crippen molar-refractivity contribution in [2.75, 3.05) is 22.8 Å². The Bertz CT molecular complexity index is 1460. The number of aliphatic hydroxyl groups excluding tert-OH is 1. The molecule has 0 fully saturated rings. The number of para-hydroxylation sites is 1. The van der Waals surface area contributed by atoms with E-state index in [1.54, 1.807) is 60.8 Å². The van der Waals surface area contributed by atoms with Gasteiger partial charge in [-0.3, -0.25) is 19.4 Å². The zero-order valence-corrected chi connectivity index (χ0v) is 20.1. The number of pyridine rings is 1. The molecule has 0 unspecified atom stereocenters. The van der Waals surface area contributed by atoms with Crippen LogP contribution in [-0.2, 0) is 10.0 Å². The molecule has 3 aromatic carbocycles. The first-order chi connectivity index (χ1) is 16.9. The van der Waals surface area contributed by atoms with Gasteiger partial charge in [0.05, 0.1) is 29.3 Å². The summed E-state index contributed by atoms with van der Waals surface area (Å²) in [6.07, 6.45) is 1.66. The average Bonchev–Trinajstić information content (AvgIpc) is 2.87. The number of nitrogens with zero attached hydrogens (tertiary/aromatic N) is 2. The number of benzene rings is 3. The van der Waals surface area contributed by atoms with E-state index in [0.29, 0.717) is 22.5 Å². The minimum absolute atomic E-state index is 0.0546. The van der Waals surface area contributed by atoms with Crippen LogP contribution >= 0.6 is 12.2 Å². The topological polar surface area (TPSA) is 112 Å². The van der Waals surface area contributed by atoms with Gasteiger partial charge in [0.25, 0.3) is 15.9 Å². The molecule has 0 saturated heterocycles. The van der Waals surface area contributed by atoms with E-state index in [1.165, 1.54) is 12.1 Å². The number of hydrogen-bond donors (Lipinski definition) is 3. The van der Waals surface area contributed by atoms with Crippen molar-refractivity contribution in [3.8, 4) is 0 Å². The number of nitrogens with one attached hydrogen (secondary N) is 2. The standard InChI is InChI=1S/C25H22N4O4S2/c30-16-15-29(21-6-2-1-3-7-21)35(32,33)22-12-10-20(11-13-22)27-25(34)28-24(31)19-9-8-18-5-4-14-26-23(18)17-19/h1-14,17,30H,15-16H2,(H2,27,28,31,34). The van der Waals surface area contributed by atoms with E-state index >= 15 is 0 Å². The molecule has 1 heterocycles. The molecular formula is C25H22N4O4S2. The number of amides is 1. The Kier molecular flexibility index (Phi) is 7.35. The van der Waals surface area contributed by atoms with Gasteiger partial charge in [-0.05, 0) is 66.8 Å². The van der Waals surface area contributed by atoms with Crippen LogP contribution in [0.25, 0.3) is 10.9 Å².